The van der Waals surface area contributed by atoms with Gasteiger partial charge in [-0.3, -0.25) is 19.6 Å². The Kier molecular flexibility index (Phi) is 5.63. The molecule has 1 amide bonds. The molecular weight excluding hydrogens is 390 g/mol. The van der Waals surface area contributed by atoms with Crippen LogP contribution in [0.25, 0.3) is 5.65 Å². The van der Waals surface area contributed by atoms with Gasteiger partial charge in [-0.15, -0.1) is 0 Å². The molecule has 2 aromatic rings. The van der Waals surface area contributed by atoms with Gasteiger partial charge in [-0.2, -0.15) is 0 Å². The van der Waals surface area contributed by atoms with E-state index >= 15 is 0 Å². The summed E-state index contributed by atoms with van der Waals surface area (Å²) in [5, 5.41) is 3.42. The second-order valence-corrected chi connectivity index (χ2v) is 9.95. The number of hydrogen-bond donors (Lipinski definition) is 1. The minimum atomic E-state index is -0.0600. The van der Waals surface area contributed by atoms with E-state index in [2.05, 4.69) is 16.1 Å². The highest BCUT2D eigenvalue weighted by Gasteiger charge is 2.33. The summed E-state index contributed by atoms with van der Waals surface area (Å²) in [6.45, 7) is 5.97. The number of H-pyrrole nitrogens is 1. The van der Waals surface area contributed by atoms with Crippen molar-refractivity contribution in [2.24, 2.45) is 5.92 Å². The molecule has 7 heteroatoms. The summed E-state index contributed by atoms with van der Waals surface area (Å²) in [5.74, 6) is 0.0443. The predicted molar refractivity (Wildman–Crippen MR) is 120 cm³/mol. The highest BCUT2D eigenvalue weighted by Crippen LogP contribution is 2.36. The Balaban J connectivity index is 1.47. The number of nitrogens with one attached hydrogen (secondary N) is 1. The number of amides is 1. The molecule has 4 heterocycles. The topological polar surface area (TPSA) is 73.7 Å². The fraction of sp³-hybridized carbons (Fsp3) is 0.708. The first-order valence-corrected chi connectivity index (χ1v) is 12.2. The lowest BCUT2D eigenvalue weighted by Gasteiger charge is -2.42. The van der Waals surface area contributed by atoms with Crippen molar-refractivity contribution >= 4 is 11.6 Å². The van der Waals surface area contributed by atoms with Crippen LogP contribution in [0, 0.1) is 5.92 Å². The number of carbonyl (C=O) groups excluding carboxylic acids is 1. The number of fused-ring (bicyclic) bond motifs is 2. The first-order chi connectivity index (χ1) is 15.0. The van der Waals surface area contributed by atoms with Crippen LogP contribution in [0.5, 0.6) is 0 Å². The Hall–Kier alpha value is -2.15. The minimum absolute atomic E-state index is 0.0486. The third-order valence-corrected chi connectivity index (χ3v) is 7.53. The maximum Gasteiger partial charge on any atom is 0.277 e. The molecule has 0 aromatic carbocycles. The van der Waals surface area contributed by atoms with Crippen LogP contribution in [0.3, 0.4) is 0 Å². The molecule has 5 rings (SSSR count). The molecule has 2 aliphatic heterocycles. The molecule has 0 bridgehead atoms. The molecule has 0 radical (unpaired) electrons. The van der Waals surface area contributed by atoms with E-state index in [1.165, 1.54) is 44.9 Å². The zero-order chi connectivity index (χ0) is 21.5. The summed E-state index contributed by atoms with van der Waals surface area (Å²) < 4.78 is 1.62. The summed E-state index contributed by atoms with van der Waals surface area (Å²) in [7, 11) is 0. The molecule has 2 aromatic heterocycles. The molecule has 1 N–H and O–H groups in total. The van der Waals surface area contributed by atoms with Gasteiger partial charge in [-0.1, -0.05) is 39.5 Å². The lowest BCUT2D eigenvalue weighted by molar-refractivity contribution is -0.135. The van der Waals surface area contributed by atoms with Gasteiger partial charge in [0.15, 0.2) is 5.65 Å². The summed E-state index contributed by atoms with van der Waals surface area (Å²) in [5.41, 5.74) is 3.31. The number of likely N-dealkylation sites (tertiary alicyclic amines) is 1. The average Bonchev–Trinajstić information content (AvgIpc) is 3.23. The van der Waals surface area contributed by atoms with Crippen molar-refractivity contribution in [2.45, 2.75) is 90.3 Å². The van der Waals surface area contributed by atoms with Gasteiger partial charge in [-0.05, 0) is 32.2 Å². The van der Waals surface area contributed by atoms with Crippen LogP contribution in [-0.2, 0) is 17.8 Å². The Morgan fingerprint density at radius 3 is 2.65 bits per heavy atom. The Morgan fingerprint density at radius 2 is 1.87 bits per heavy atom. The molecule has 2 fully saturated rings. The number of rotatable bonds is 3. The number of aromatic amines is 1. The number of aromatic nitrogens is 3. The maximum atomic E-state index is 13.3. The maximum absolute atomic E-state index is 13.3. The first kappa shape index (κ1) is 20.7. The van der Waals surface area contributed by atoms with Gasteiger partial charge >= 0.3 is 0 Å². The van der Waals surface area contributed by atoms with Crippen LogP contribution in [0.2, 0.25) is 0 Å². The highest BCUT2D eigenvalue weighted by molar-refractivity contribution is 5.78. The Morgan fingerprint density at radius 1 is 1.10 bits per heavy atom. The second-order valence-electron chi connectivity index (χ2n) is 9.95. The summed E-state index contributed by atoms with van der Waals surface area (Å²) in [4.78, 5) is 35.1. The third kappa shape index (κ3) is 3.81. The second kappa shape index (κ2) is 8.41. The van der Waals surface area contributed by atoms with Crippen LogP contribution in [0.4, 0.5) is 0 Å². The van der Waals surface area contributed by atoms with Gasteiger partial charge in [0, 0.05) is 31.0 Å². The Labute approximate surface area is 183 Å². The SMILES string of the molecule is CC(C)C(=O)N1CCc2nc3cc(C4CCCCN4C4CCCCC4)[nH]n3c(=O)c2C1. The van der Waals surface area contributed by atoms with Crippen LogP contribution >= 0.6 is 0 Å². The number of nitrogens with zero attached hydrogens (tertiary/aromatic N) is 4. The Bertz CT molecular complexity index is 1020. The molecule has 7 nitrogen and oxygen atoms in total. The molecule has 1 aliphatic carbocycles. The van der Waals surface area contributed by atoms with Gasteiger partial charge in [0.05, 0.1) is 29.5 Å². The molecule has 31 heavy (non-hydrogen) atoms. The molecule has 168 valence electrons. The van der Waals surface area contributed by atoms with Crippen molar-refractivity contribution in [3.63, 3.8) is 0 Å². The van der Waals surface area contributed by atoms with Crippen LogP contribution < -0.4 is 5.56 Å². The molecule has 1 saturated carbocycles. The standard InChI is InChI=1S/C24H35N5O2/c1-16(2)23(30)27-13-11-19-18(15-27)24(31)29-22(25-19)14-20(26-29)21-10-6-7-12-28(21)17-8-4-3-5-9-17/h14,16-17,21,26H,3-13,15H2,1-2H3. The first-order valence-electron chi connectivity index (χ1n) is 12.2. The van der Waals surface area contributed by atoms with Crippen molar-refractivity contribution in [1.82, 2.24) is 24.4 Å². The van der Waals surface area contributed by atoms with E-state index in [1.807, 2.05) is 13.8 Å². The predicted octanol–water partition coefficient (Wildman–Crippen LogP) is 3.42. The minimum Gasteiger partial charge on any atom is -0.337 e. The van der Waals surface area contributed by atoms with E-state index in [-0.39, 0.29) is 17.4 Å². The van der Waals surface area contributed by atoms with Gasteiger partial charge in [0.2, 0.25) is 5.91 Å². The van der Waals surface area contributed by atoms with E-state index in [0.29, 0.717) is 37.2 Å². The lowest BCUT2D eigenvalue weighted by atomic mass is 9.89. The smallest absolute Gasteiger partial charge is 0.277 e. The molecule has 1 unspecified atom stereocenters. The normalized spacial score (nSPS) is 23.5. The largest absolute Gasteiger partial charge is 0.337 e. The zero-order valence-electron chi connectivity index (χ0n) is 18.9. The molecular formula is C24H35N5O2. The van der Waals surface area contributed by atoms with E-state index in [0.717, 1.165) is 30.0 Å². The van der Waals surface area contributed by atoms with Gasteiger partial charge < -0.3 is 4.90 Å². The van der Waals surface area contributed by atoms with Crippen molar-refractivity contribution in [2.75, 3.05) is 13.1 Å². The number of hydrogen-bond acceptors (Lipinski definition) is 4. The van der Waals surface area contributed by atoms with Gasteiger partial charge in [-0.25, -0.2) is 9.50 Å². The third-order valence-electron chi connectivity index (χ3n) is 7.53. The molecule has 0 spiro atoms. The molecule has 3 aliphatic rings. The van der Waals surface area contributed by atoms with Crippen molar-refractivity contribution in [3.05, 3.63) is 33.4 Å². The summed E-state index contributed by atoms with van der Waals surface area (Å²) >= 11 is 0. The fourth-order valence-electron chi connectivity index (χ4n) is 5.86. The van der Waals surface area contributed by atoms with E-state index in [1.54, 1.807) is 9.42 Å². The number of piperidine rings is 1. The monoisotopic (exact) mass is 425 g/mol. The van der Waals surface area contributed by atoms with E-state index < -0.39 is 0 Å². The quantitative estimate of drug-likeness (QED) is 0.818. The van der Waals surface area contributed by atoms with E-state index in [4.69, 9.17) is 4.98 Å². The fourth-order valence-corrected chi connectivity index (χ4v) is 5.86. The lowest BCUT2D eigenvalue weighted by Crippen LogP contribution is -2.42. The van der Waals surface area contributed by atoms with Gasteiger partial charge in [0.25, 0.3) is 5.56 Å². The average molecular weight is 426 g/mol. The summed E-state index contributed by atoms with van der Waals surface area (Å²) in [6, 6.07) is 3.10. The van der Waals surface area contributed by atoms with E-state index in [9.17, 15) is 9.59 Å². The van der Waals surface area contributed by atoms with Crippen LogP contribution in [0.1, 0.15) is 88.2 Å². The molecule has 1 saturated heterocycles. The molecule has 1 atom stereocenters. The van der Waals surface area contributed by atoms with Crippen molar-refractivity contribution in [3.8, 4) is 0 Å². The van der Waals surface area contributed by atoms with Crippen molar-refractivity contribution in [1.29, 1.82) is 0 Å². The van der Waals surface area contributed by atoms with Gasteiger partial charge in [0.1, 0.15) is 0 Å². The van der Waals surface area contributed by atoms with Crippen LogP contribution in [-0.4, -0.2) is 49.4 Å². The zero-order valence-corrected chi connectivity index (χ0v) is 18.9. The van der Waals surface area contributed by atoms with Crippen LogP contribution in [0.15, 0.2) is 10.9 Å². The number of carbonyl (C=O) groups is 1. The summed E-state index contributed by atoms with van der Waals surface area (Å²) in [6.07, 6.45) is 10.9. The van der Waals surface area contributed by atoms with Crippen molar-refractivity contribution < 1.29 is 4.79 Å². The highest BCUT2D eigenvalue weighted by atomic mass is 16.2.